The predicted octanol–water partition coefficient (Wildman–Crippen LogP) is 2.57. The summed E-state index contributed by atoms with van der Waals surface area (Å²) >= 11 is 0. The number of hydrogen-bond donors (Lipinski definition) is 0. The standard InChI is InChI=1S/C21H25NO5/c1-14-6-5-7-15(2)19(14)27-13-12-26-18(23)10-11-22-20(24)16-8-3-4-9-17(16)21(22)25/h3-7,16-17H,8-13H2,1-2H3/t16-,17-/m0/s1. The Hall–Kier alpha value is -2.63. The lowest BCUT2D eigenvalue weighted by molar-refractivity contribution is -0.146. The van der Waals surface area contributed by atoms with Gasteiger partial charge in [0.2, 0.25) is 11.8 Å². The molecule has 1 aliphatic heterocycles. The van der Waals surface area contributed by atoms with Crippen LogP contribution >= 0.6 is 0 Å². The first-order valence-corrected chi connectivity index (χ1v) is 9.34. The van der Waals surface area contributed by atoms with E-state index in [4.69, 9.17) is 9.47 Å². The maximum atomic E-state index is 12.3. The zero-order valence-electron chi connectivity index (χ0n) is 15.8. The van der Waals surface area contributed by atoms with Gasteiger partial charge in [0.15, 0.2) is 0 Å². The van der Waals surface area contributed by atoms with E-state index in [1.165, 1.54) is 4.90 Å². The Morgan fingerprint density at radius 1 is 1.04 bits per heavy atom. The van der Waals surface area contributed by atoms with Crippen molar-refractivity contribution in [2.45, 2.75) is 33.1 Å². The first kappa shape index (κ1) is 19.1. The van der Waals surface area contributed by atoms with Gasteiger partial charge in [0, 0.05) is 6.54 Å². The molecule has 0 spiro atoms. The topological polar surface area (TPSA) is 72.9 Å². The number of amides is 2. The van der Waals surface area contributed by atoms with E-state index in [2.05, 4.69) is 0 Å². The van der Waals surface area contributed by atoms with E-state index in [0.717, 1.165) is 16.9 Å². The highest BCUT2D eigenvalue weighted by molar-refractivity contribution is 6.05. The highest BCUT2D eigenvalue weighted by Crippen LogP contribution is 2.35. The number of fused-ring (bicyclic) bond motifs is 1. The molecule has 1 aromatic rings. The molecule has 0 radical (unpaired) electrons. The largest absolute Gasteiger partial charge is 0.489 e. The van der Waals surface area contributed by atoms with Crippen LogP contribution in [-0.2, 0) is 19.1 Å². The molecular formula is C21H25NO5. The molecular weight excluding hydrogens is 346 g/mol. The van der Waals surface area contributed by atoms with Crippen LogP contribution in [0.4, 0.5) is 0 Å². The molecule has 6 nitrogen and oxygen atoms in total. The molecule has 2 amide bonds. The van der Waals surface area contributed by atoms with Crippen molar-refractivity contribution in [2.75, 3.05) is 19.8 Å². The molecule has 27 heavy (non-hydrogen) atoms. The average molecular weight is 371 g/mol. The van der Waals surface area contributed by atoms with E-state index in [1.54, 1.807) is 0 Å². The quantitative estimate of drug-likeness (QED) is 0.319. The summed E-state index contributed by atoms with van der Waals surface area (Å²) in [6.45, 7) is 4.40. The van der Waals surface area contributed by atoms with Crippen molar-refractivity contribution in [2.24, 2.45) is 11.8 Å². The minimum atomic E-state index is -0.436. The molecule has 0 bridgehead atoms. The molecule has 0 saturated carbocycles. The predicted molar refractivity (Wildman–Crippen MR) is 99.1 cm³/mol. The number of allylic oxidation sites excluding steroid dienone is 2. The lowest BCUT2D eigenvalue weighted by atomic mass is 9.85. The van der Waals surface area contributed by atoms with Crippen molar-refractivity contribution in [1.82, 2.24) is 4.90 Å². The van der Waals surface area contributed by atoms with Crippen LogP contribution < -0.4 is 4.74 Å². The van der Waals surface area contributed by atoms with Crippen molar-refractivity contribution in [3.63, 3.8) is 0 Å². The SMILES string of the molecule is Cc1cccc(C)c1OCCOC(=O)CCN1C(=O)[C@H]2CC=CC[C@@H]2C1=O. The fourth-order valence-corrected chi connectivity index (χ4v) is 3.69. The highest BCUT2D eigenvalue weighted by atomic mass is 16.6. The number of hydrogen-bond acceptors (Lipinski definition) is 5. The maximum absolute atomic E-state index is 12.3. The Morgan fingerprint density at radius 2 is 1.63 bits per heavy atom. The van der Waals surface area contributed by atoms with Crippen molar-refractivity contribution < 1.29 is 23.9 Å². The lowest BCUT2D eigenvalue weighted by Gasteiger charge is -2.14. The van der Waals surface area contributed by atoms with E-state index >= 15 is 0 Å². The van der Waals surface area contributed by atoms with Crippen LogP contribution in [0.25, 0.3) is 0 Å². The summed E-state index contributed by atoms with van der Waals surface area (Å²) in [5.74, 6) is -0.485. The van der Waals surface area contributed by atoms with Crippen molar-refractivity contribution in [3.05, 3.63) is 41.5 Å². The van der Waals surface area contributed by atoms with Crippen LogP contribution in [0.3, 0.4) is 0 Å². The molecule has 1 fully saturated rings. The van der Waals surface area contributed by atoms with Gasteiger partial charge in [-0.1, -0.05) is 30.4 Å². The fourth-order valence-electron chi connectivity index (χ4n) is 3.69. The Morgan fingerprint density at radius 3 is 2.22 bits per heavy atom. The fraction of sp³-hybridized carbons (Fsp3) is 0.476. The number of benzene rings is 1. The minimum absolute atomic E-state index is 0.00768. The van der Waals surface area contributed by atoms with Gasteiger partial charge in [0.1, 0.15) is 19.0 Å². The van der Waals surface area contributed by atoms with E-state index in [0.29, 0.717) is 12.8 Å². The van der Waals surface area contributed by atoms with Crippen LogP contribution in [0, 0.1) is 25.7 Å². The summed E-state index contributed by atoms with van der Waals surface area (Å²) in [4.78, 5) is 37.8. The van der Waals surface area contributed by atoms with E-state index in [9.17, 15) is 14.4 Å². The van der Waals surface area contributed by atoms with Crippen molar-refractivity contribution >= 4 is 17.8 Å². The van der Waals surface area contributed by atoms with Gasteiger partial charge in [-0.15, -0.1) is 0 Å². The summed E-state index contributed by atoms with van der Waals surface area (Å²) in [5, 5.41) is 0. The van der Waals surface area contributed by atoms with Gasteiger partial charge in [0.25, 0.3) is 0 Å². The molecule has 1 saturated heterocycles. The van der Waals surface area contributed by atoms with Crippen LogP contribution in [-0.4, -0.2) is 42.4 Å². The molecule has 6 heteroatoms. The minimum Gasteiger partial charge on any atom is -0.489 e. The van der Waals surface area contributed by atoms with Crippen molar-refractivity contribution in [3.8, 4) is 5.75 Å². The van der Waals surface area contributed by atoms with E-state index in [-0.39, 0.29) is 49.8 Å². The molecule has 0 N–H and O–H groups in total. The lowest BCUT2D eigenvalue weighted by Crippen LogP contribution is -2.33. The number of rotatable bonds is 7. The summed E-state index contributed by atoms with van der Waals surface area (Å²) < 4.78 is 10.9. The first-order chi connectivity index (χ1) is 13.0. The molecule has 2 aliphatic rings. The van der Waals surface area contributed by atoms with Gasteiger partial charge in [-0.2, -0.15) is 0 Å². The summed E-state index contributed by atoms with van der Waals surface area (Å²) in [5.41, 5.74) is 2.06. The number of esters is 1. The van der Waals surface area contributed by atoms with Gasteiger partial charge in [-0.25, -0.2) is 0 Å². The van der Waals surface area contributed by atoms with E-state index < -0.39 is 5.97 Å². The molecule has 0 unspecified atom stereocenters. The second-order valence-corrected chi connectivity index (χ2v) is 7.02. The summed E-state index contributed by atoms with van der Waals surface area (Å²) in [7, 11) is 0. The molecule has 0 aromatic heterocycles. The zero-order chi connectivity index (χ0) is 19.4. The van der Waals surface area contributed by atoms with Gasteiger partial charge in [-0.3, -0.25) is 19.3 Å². The van der Waals surface area contributed by atoms with Gasteiger partial charge >= 0.3 is 5.97 Å². The maximum Gasteiger partial charge on any atom is 0.307 e. The third kappa shape index (κ3) is 4.21. The number of para-hydroxylation sites is 1. The van der Waals surface area contributed by atoms with Crippen LogP contribution in [0.1, 0.15) is 30.4 Å². The van der Waals surface area contributed by atoms with Gasteiger partial charge < -0.3 is 9.47 Å². The van der Waals surface area contributed by atoms with Crippen LogP contribution in [0.2, 0.25) is 0 Å². The number of likely N-dealkylation sites (tertiary alicyclic amines) is 1. The number of carbonyl (C=O) groups is 3. The normalized spacial score (nSPS) is 21.3. The number of imide groups is 1. The molecule has 1 aliphatic carbocycles. The Bertz CT molecular complexity index is 724. The van der Waals surface area contributed by atoms with Crippen LogP contribution in [0.5, 0.6) is 5.75 Å². The van der Waals surface area contributed by atoms with Crippen LogP contribution in [0.15, 0.2) is 30.4 Å². The molecule has 144 valence electrons. The van der Waals surface area contributed by atoms with Crippen molar-refractivity contribution in [1.29, 1.82) is 0 Å². The third-order valence-electron chi connectivity index (χ3n) is 5.14. The number of nitrogens with zero attached hydrogens (tertiary/aromatic N) is 1. The molecule has 2 atom stereocenters. The number of ether oxygens (including phenoxy) is 2. The third-order valence-corrected chi connectivity index (χ3v) is 5.14. The number of carbonyl (C=O) groups excluding carboxylic acids is 3. The molecule has 3 rings (SSSR count). The molecule has 1 heterocycles. The zero-order valence-corrected chi connectivity index (χ0v) is 15.8. The Kier molecular flexibility index (Phi) is 5.94. The van der Waals surface area contributed by atoms with E-state index in [1.807, 2.05) is 44.2 Å². The monoisotopic (exact) mass is 371 g/mol. The molecule has 1 aromatic carbocycles. The first-order valence-electron chi connectivity index (χ1n) is 9.34. The summed E-state index contributed by atoms with van der Waals surface area (Å²) in [6.07, 6.45) is 5.10. The second-order valence-electron chi connectivity index (χ2n) is 7.02. The average Bonchev–Trinajstić information content (AvgIpc) is 2.90. The second kappa shape index (κ2) is 8.37. The Labute approximate surface area is 159 Å². The number of aryl methyl sites for hydroxylation is 2. The summed E-state index contributed by atoms with van der Waals surface area (Å²) in [6, 6.07) is 5.89. The smallest absolute Gasteiger partial charge is 0.307 e. The van der Waals surface area contributed by atoms with Gasteiger partial charge in [-0.05, 0) is 37.8 Å². The Balaban J connectivity index is 1.40. The van der Waals surface area contributed by atoms with Gasteiger partial charge in [0.05, 0.1) is 18.3 Å². The highest BCUT2D eigenvalue weighted by Gasteiger charge is 2.46.